The highest BCUT2D eigenvalue weighted by Gasteiger charge is 2.54. The smallest absolute Gasteiger partial charge is 0.326 e. The van der Waals surface area contributed by atoms with Crippen LogP contribution >= 0.6 is 0 Å². The largest absolute Gasteiger partial charge is 0.497 e. The van der Waals surface area contributed by atoms with E-state index in [9.17, 15) is 14.4 Å². The van der Waals surface area contributed by atoms with E-state index in [2.05, 4.69) is 24.5 Å². The maximum atomic E-state index is 14.0. The Labute approximate surface area is 216 Å². The molecule has 0 aliphatic carbocycles. The highest BCUT2D eigenvalue weighted by molar-refractivity contribution is 6.12. The molecule has 1 aliphatic heterocycles. The fourth-order valence-electron chi connectivity index (χ4n) is 4.55. The number of carbonyl (C=O) groups excluding carboxylic acids is 3. The van der Waals surface area contributed by atoms with Gasteiger partial charge < -0.3 is 20.1 Å². The lowest BCUT2D eigenvalue weighted by Gasteiger charge is -2.28. The van der Waals surface area contributed by atoms with Crippen molar-refractivity contribution in [2.24, 2.45) is 0 Å². The number of hydrogen-bond donors (Lipinski definition) is 2. The summed E-state index contributed by atoms with van der Waals surface area (Å²) in [5.41, 5.74) is 1.25. The van der Waals surface area contributed by atoms with Crippen molar-refractivity contribution >= 4 is 23.5 Å². The third kappa shape index (κ3) is 4.87. The normalized spacial score (nSPS) is 15.2. The van der Waals surface area contributed by atoms with Crippen LogP contribution in [0.2, 0.25) is 0 Å². The van der Waals surface area contributed by atoms with Crippen LogP contribution in [-0.2, 0) is 15.1 Å². The molecular weight excluding hydrogens is 470 g/mol. The minimum atomic E-state index is -1.51. The lowest BCUT2D eigenvalue weighted by atomic mass is 9.82. The van der Waals surface area contributed by atoms with Crippen molar-refractivity contribution in [3.8, 4) is 11.5 Å². The molecule has 1 heterocycles. The Morgan fingerprint density at radius 1 is 0.919 bits per heavy atom. The Morgan fingerprint density at radius 2 is 1.46 bits per heavy atom. The molecule has 0 unspecified atom stereocenters. The van der Waals surface area contributed by atoms with E-state index in [4.69, 9.17) is 9.47 Å². The number of ether oxygens (including phenoxy) is 2. The molecule has 0 saturated carbocycles. The van der Waals surface area contributed by atoms with Crippen LogP contribution in [-0.4, -0.2) is 43.5 Å². The van der Waals surface area contributed by atoms with Gasteiger partial charge >= 0.3 is 6.03 Å². The van der Waals surface area contributed by atoms with Crippen molar-refractivity contribution < 1.29 is 23.9 Å². The number of carbonyl (C=O) groups is 3. The number of imide groups is 1. The molecule has 0 bridgehead atoms. The summed E-state index contributed by atoms with van der Waals surface area (Å²) in [4.78, 5) is 41.1. The van der Waals surface area contributed by atoms with Gasteiger partial charge in [-0.25, -0.2) is 4.79 Å². The van der Waals surface area contributed by atoms with E-state index in [1.54, 1.807) is 62.8 Å². The molecule has 0 aromatic heterocycles. The third-order valence-electron chi connectivity index (χ3n) is 6.83. The van der Waals surface area contributed by atoms with Crippen LogP contribution < -0.4 is 20.1 Å². The summed E-state index contributed by atoms with van der Waals surface area (Å²) in [6, 6.07) is 20.7. The summed E-state index contributed by atoms with van der Waals surface area (Å²) in [7, 11) is 3.10. The number of amides is 4. The van der Waals surface area contributed by atoms with Crippen LogP contribution in [0.25, 0.3) is 0 Å². The van der Waals surface area contributed by atoms with Gasteiger partial charge in [0.05, 0.1) is 14.2 Å². The van der Waals surface area contributed by atoms with Gasteiger partial charge in [-0.2, -0.15) is 0 Å². The zero-order valence-corrected chi connectivity index (χ0v) is 21.4. The minimum Gasteiger partial charge on any atom is -0.497 e. The van der Waals surface area contributed by atoms with Crippen molar-refractivity contribution in [1.82, 2.24) is 10.2 Å². The number of hydrogen-bond acceptors (Lipinski definition) is 5. The number of para-hydroxylation sites is 1. The summed E-state index contributed by atoms with van der Waals surface area (Å²) >= 11 is 0. The van der Waals surface area contributed by atoms with E-state index in [0.29, 0.717) is 28.3 Å². The van der Waals surface area contributed by atoms with Crippen molar-refractivity contribution in [3.63, 3.8) is 0 Å². The molecule has 4 rings (SSSR count). The fourth-order valence-corrected chi connectivity index (χ4v) is 4.55. The topological polar surface area (TPSA) is 97.0 Å². The Bertz CT molecular complexity index is 1240. The SMILES string of the molecule is CC[C@@H](C)c1ccccc1NC(=O)CN1C(=O)NC(c2ccc(OC)cc2)(c2ccc(OC)cc2)C1=O. The van der Waals surface area contributed by atoms with Gasteiger partial charge in [0.1, 0.15) is 18.0 Å². The van der Waals surface area contributed by atoms with Gasteiger partial charge in [-0.05, 0) is 59.4 Å². The molecule has 8 heteroatoms. The monoisotopic (exact) mass is 501 g/mol. The van der Waals surface area contributed by atoms with E-state index in [1.165, 1.54) is 0 Å². The summed E-state index contributed by atoms with van der Waals surface area (Å²) in [5, 5.41) is 5.74. The van der Waals surface area contributed by atoms with Crippen LogP contribution in [0.15, 0.2) is 72.8 Å². The number of rotatable bonds is 9. The van der Waals surface area contributed by atoms with Crippen LogP contribution in [0.5, 0.6) is 11.5 Å². The van der Waals surface area contributed by atoms with Gasteiger partial charge in [0, 0.05) is 5.69 Å². The van der Waals surface area contributed by atoms with Gasteiger partial charge in [0.25, 0.3) is 5.91 Å². The molecule has 8 nitrogen and oxygen atoms in total. The first-order chi connectivity index (χ1) is 17.8. The molecular formula is C29H31N3O5. The highest BCUT2D eigenvalue weighted by Crippen LogP contribution is 2.37. The van der Waals surface area contributed by atoms with Crippen molar-refractivity contribution in [2.45, 2.75) is 31.7 Å². The Kier molecular flexibility index (Phi) is 7.47. The zero-order chi connectivity index (χ0) is 26.6. The summed E-state index contributed by atoms with van der Waals surface area (Å²) in [6.07, 6.45) is 0.909. The number of nitrogens with one attached hydrogen (secondary N) is 2. The van der Waals surface area contributed by atoms with Gasteiger partial charge in [-0.3, -0.25) is 14.5 Å². The molecule has 1 atom stereocenters. The molecule has 4 amide bonds. The standard InChI is InChI=1S/C29H31N3O5/c1-5-19(2)24-8-6-7-9-25(24)30-26(33)18-32-27(34)29(31-28(32)35,20-10-14-22(36-3)15-11-20)21-12-16-23(37-4)17-13-21/h6-17,19H,5,18H2,1-4H3,(H,30,33)(H,31,35)/t19-/m1/s1. The molecule has 192 valence electrons. The molecule has 2 N–H and O–H groups in total. The van der Waals surface area contributed by atoms with Gasteiger partial charge in [0.15, 0.2) is 5.54 Å². The zero-order valence-electron chi connectivity index (χ0n) is 21.4. The van der Waals surface area contributed by atoms with Crippen LogP contribution in [0.1, 0.15) is 42.9 Å². The molecule has 3 aromatic carbocycles. The van der Waals surface area contributed by atoms with E-state index < -0.39 is 29.9 Å². The van der Waals surface area contributed by atoms with Gasteiger partial charge in [0.2, 0.25) is 5.91 Å². The van der Waals surface area contributed by atoms with E-state index in [1.807, 2.05) is 24.3 Å². The average Bonchev–Trinajstić information content (AvgIpc) is 3.18. The van der Waals surface area contributed by atoms with Crippen molar-refractivity contribution in [3.05, 3.63) is 89.5 Å². The quantitative estimate of drug-likeness (QED) is 0.416. The highest BCUT2D eigenvalue weighted by atomic mass is 16.5. The number of benzene rings is 3. The predicted octanol–water partition coefficient (Wildman–Crippen LogP) is 4.65. The van der Waals surface area contributed by atoms with Crippen molar-refractivity contribution in [1.29, 1.82) is 0 Å². The Balaban J connectivity index is 1.66. The Morgan fingerprint density at radius 3 is 1.97 bits per heavy atom. The molecule has 1 saturated heterocycles. The van der Waals surface area contributed by atoms with Crippen molar-refractivity contribution in [2.75, 3.05) is 26.1 Å². The second-order valence-electron chi connectivity index (χ2n) is 8.97. The summed E-state index contributed by atoms with van der Waals surface area (Å²) < 4.78 is 10.5. The number of urea groups is 1. The summed E-state index contributed by atoms with van der Waals surface area (Å²) in [5.74, 6) is 0.465. The second-order valence-corrected chi connectivity index (χ2v) is 8.97. The number of methoxy groups -OCH3 is 2. The number of nitrogens with zero attached hydrogens (tertiary/aromatic N) is 1. The fraction of sp³-hybridized carbons (Fsp3) is 0.276. The van der Waals surface area contributed by atoms with Gasteiger partial charge in [-0.1, -0.05) is 56.3 Å². The molecule has 37 heavy (non-hydrogen) atoms. The van der Waals surface area contributed by atoms with Gasteiger partial charge in [-0.15, -0.1) is 0 Å². The number of anilines is 1. The molecule has 0 radical (unpaired) electrons. The van der Waals surface area contributed by atoms with Crippen LogP contribution in [0.4, 0.5) is 10.5 Å². The second kappa shape index (κ2) is 10.7. The maximum absolute atomic E-state index is 14.0. The first-order valence-corrected chi connectivity index (χ1v) is 12.2. The lowest BCUT2D eigenvalue weighted by Crippen LogP contribution is -2.45. The first kappa shape index (κ1) is 25.8. The minimum absolute atomic E-state index is 0.242. The maximum Gasteiger partial charge on any atom is 0.326 e. The summed E-state index contributed by atoms with van der Waals surface area (Å²) in [6.45, 7) is 3.74. The third-order valence-corrected chi connectivity index (χ3v) is 6.83. The van der Waals surface area contributed by atoms with E-state index in [-0.39, 0.29) is 5.92 Å². The average molecular weight is 502 g/mol. The predicted molar refractivity (Wildman–Crippen MR) is 141 cm³/mol. The molecule has 3 aromatic rings. The molecule has 0 spiro atoms. The molecule has 1 aliphatic rings. The van der Waals surface area contributed by atoms with E-state index in [0.717, 1.165) is 16.9 Å². The van der Waals surface area contributed by atoms with Crippen LogP contribution in [0, 0.1) is 0 Å². The lowest BCUT2D eigenvalue weighted by molar-refractivity contribution is -0.133. The van der Waals surface area contributed by atoms with Crippen LogP contribution in [0.3, 0.4) is 0 Å². The first-order valence-electron chi connectivity index (χ1n) is 12.2. The Hall–Kier alpha value is -4.33. The molecule has 1 fully saturated rings. The van der Waals surface area contributed by atoms with E-state index >= 15 is 0 Å².